The molecule has 104 valence electrons. The van der Waals surface area contributed by atoms with Crippen LogP contribution in [0.15, 0.2) is 47.6 Å². The molecule has 2 aromatic rings. The molecule has 0 bridgehead atoms. The maximum Gasteiger partial charge on any atom is 0.269 e. The fourth-order valence-electron chi connectivity index (χ4n) is 1.69. The van der Waals surface area contributed by atoms with Gasteiger partial charge in [0, 0.05) is 18.3 Å². The second-order valence-corrected chi connectivity index (χ2v) is 6.05. The first-order valence-electron chi connectivity index (χ1n) is 5.56. The molecule has 0 radical (unpaired) electrons. The lowest BCUT2D eigenvalue weighted by Crippen LogP contribution is -2.08. The predicted molar refractivity (Wildman–Crippen MR) is 72.6 cm³/mol. The van der Waals surface area contributed by atoms with Gasteiger partial charge in [-0.3, -0.25) is 15.1 Å². The third-order valence-corrected chi connectivity index (χ3v) is 4.40. The molecule has 0 unspecified atom stereocenters. The number of hydrogen-bond donors (Lipinski definition) is 1. The fraction of sp³-hybridized carbons (Fsp3) is 0.0833. The van der Waals surface area contributed by atoms with Gasteiger partial charge in [0.15, 0.2) is 9.84 Å². The van der Waals surface area contributed by atoms with Gasteiger partial charge in [-0.1, -0.05) is 12.1 Å². The molecule has 2 rings (SSSR count). The van der Waals surface area contributed by atoms with Gasteiger partial charge in [0.1, 0.15) is 0 Å². The Bertz CT molecular complexity index is 742. The molecule has 0 saturated heterocycles. The highest BCUT2D eigenvalue weighted by atomic mass is 32.2. The van der Waals surface area contributed by atoms with Gasteiger partial charge in [-0.15, -0.1) is 0 Å². The molecule has 0 spiro atoms. The van der Waals surface area contributed by atoms with Crippen molar-refractivity contribution in [2.45, 2.75) is 10.6 Å². The number of nitrogen functional groups attached to an aromatic ring is 1. The van der Waals surface area contributed by atoms with E-state index in [0.29, 0.717) is 5.56 Å². The van der Waals surface area contributed by atoms with Crippen molar-refractivity contribution >= 4 is 21.2 Å². The molecule has 0 atom stereocenters. The number of benzene rings is 1. The number of hydrogen-bond acceptors (Lipinski definition) is 6. The maximum absolute atomic E-state index is 12.2. The summed E-state index contributed by atoms with van der Waals surface area (Å²) in [5, 5.41) is 10.5. The normalized spacial score (nSPS) is 11.2. The first kappa shape index (κ1) is 13.9. The molecule has 2 N–H and O–H groups in total. The van der Waals surface area contributed by atoms with Crippen LogP contribution >= 0.6 is 0 Å². The Morgan fingerprint density at radius 2 is 1.85 bits per heavy atom. The van der Waals surface area contributed by atoms with E-state index in [9.17, 15) is 18.5 Å². The predicted octanol–water partition coefficient (Wildman–Crippen LogP) is 1.55. The topological polar surface area (TPSA) is 116 Å². The van der Waals surface area contributed by atoms with Gasteiger partial charge in [0.25, 0.3) is 5.69 Å². The van der Waals surface area contributed by atoms with Crippen LogP contribution in [0.2, 0.25) is 0 Å². The van der Waals surface area contributed by atoms with E-state index in [2.05, 4.69) is 4.98 Å². The minimum absolute atomic E-state index is 0.00542. The molecule has 1 aromatic heterocycles. The Labute approximate surface area is 115 Å². The highest BCUT2D eigenvalue weighted by Gasteiger charge is 2.18. The highest BCUT2D eigenvalue weighted by molar-refractivity contribution is 7.90. The minimum Gasteiger partial charge on any atom is -0.396 e. The summed E-state index contributed by atoms with van der Waals surface area (Å²) in [5.74, 6) is -0.279. The SMILES string of the molecule is Nc1cnccc1S(=O)(=O)Cc1ccc([N+](=O)[O-])cc1. The van der Waals surface area contributed by atoms with E-state index >= 15 is 0 Å². The van der Waals surface area contributed by atoms with E-state index in [0.717, 1.165) is 0 Å². The number of aromatic nitrogens is 1. The number of nitro benzene ring substituents is 1. The van der Waals surface area contributed by atoms with E-state index < -0.39 is 14.8 Å². The summed E-state index contributed by atoms with van der Waals surface area (Å²) in [6.07, 6.45) is 2.61. The zero-order valence-electron chi connectivity index (χ0n) is 10.3. The average molecular weight is 293 g/mol. The van der Waals surface area contributed by atoms with E-state index in [1.165, 1.54) is 42.7 Å². The van der Waals surface area contributed by atoms with Crippen LogP contribution in [0.4, 0.5) is 11.4 Å². The van der Waals surface area contributed by atoms with E-state index in [-0.39, 0.29) is 22.0 Å². The van der Waals surface area contributed by atoms with Crippen molar-refractivity contribution in [3.8, 4) is 0 Å². The molecule has 1 aromatic carbocycles. The van der Waals surface area contributed by atoms with E-state index in [1.807, 2.05) is 0 Å². The zero-order valence-corrected chi connectivity index (χ0v) is 11.1. The molecule has 0 amide bonds. The van der Waals surface area contributed by atoms with Crippen molar-refractivity contribution in [3.63, 3.8) is 0 Å². The highest BCUT2D eigenvalue weighted by Crippen LogP contribution is 2.22. The van der Waals surface area contributed by atoms with Crippen molar-refractivity contribution in [1.29, 1.82) is 0 Å². The summed E-state index contributed by atoms with van der Waals surface area (Å²) in [6, 6.07) is 6.68. The van der Waals surface area contributed by atoms with Crippen LogP contribution in [0.25, 0.3) is 0 Å². The van der Waals surface area contributed by atoms with Gasteiger partial charge in [0.2, 0.25) is 0 Å². The number of anilines is 1. The standard InChI is InChI=1S/C12H11N3O4S/c13-11-7-14-6-5-12(11)20(18,19)8-9-1-3-10(4-2-9)15(16)17/h1-7H,8,13H2. The Kier molecular flexibility index (Phi) is 3.66. The van der Waals surface area contributed by atoms with Gasteiger partial charge in [-0.2, -0.15) is 0 Å². The molecule has 0 saturated carbocycles. The molecule has 0 aliphatic rings. The molecule has 8 heteroatoms. The lowest BCUT2D eigenvalue weighted by Gasteiger charge is -2.06. The van der Waals surface area contributed by atoms with Gasteiger partial charge in [-0.25, -0.2) is 8.42 Å². The second-order valence-electron chi connectivity index (χ2n) is 4.10. The Morgan fingerprint density at radius 3 is 2.40 bits per heavy atom. The quantitative estimate of drug-likeness (QED) is 0.675. The second kappa shape index (κ2) is 5.25. The van der Waals surface area contributed by atoms with E-state index in [1.54, 1.807) is 0 Å². The molecule has 0 fully saturated rings. The number of sulfone groups is 1. The lowest BCUT2D eigenvalue weighted by atomic mass is 10.2. The number of nitro groups is 1. The number of non-ortho nitro benzene ring substituents is 1. The van der Waals surface area contributed by atoms with Crippen molar-refractivity contribution in [3.05, 3.63) is 58.4 Å². The van der Waals surface area contributed by atoms with Crippen molar-refractivity contribution in [1.82, 2.24) is 4.98 Å². The van der Waals surface area contributed by atoms with Gasteiger partial charge in [0.05, 0.1) is 27.5 Å². The Hall–Kier alpha value is -2.48. The van der Waals surface area contributed by atoms with Gasteiger partial charge < -0.3 is 5.73 Å². The molecule has 20 heavy (non-hydrogen) atoms. The number of nitrogens with zero attached hydrogens (tertiary/aromatic N) is 2. The summed E-state index contributed by atoms with van der Waals surface area (Å²) in [5.41, 5.74) is 6.03. The molecule has 0 aliphatic carbocycles. The summed E-state index contributed by atoms with van der Waals surface area (Å²) >= 11 is 0. The summed E-state index contributed by atoms with van der Waals surface area (Å²) < 4.78 is 24.4. The summed E-state index contributed by atoms with van der Waals surface area (Å²) in [7, 11) is -3.61. The molecular weight excluding hydrogens is 282 g/mol. The third kappa shape index (κ3) is 2.91. The first-order valence-corrected chi connectivity index (χ1v) is 7.21. The van der Waals surface area contributed by atoms with Crippen molar-refractivity contribution < 1.29 is 13.3 Å². The van der Waals surface area contributed by atoms with Crippen LogP contribution in [0.3, 0.4) is 0 Å². The lowest BCUT2D eigenvalue weighted by molar-refractivity contribution is -0.384. The molecule has 0 aliphatic heterocycles. The van der Waals surface area contributed by atoms with Crippen LogP contribution in [0.5, 0.6) is 0 Å². The largest absolute Gasteiger partial charge is 0.396 e. The monoisotopic (exact) mass is 293 g/mol. The number of rotatable bonds is 4. The van der Waals surface area contributed by atoms with Crippen molar-refractivity contribution in [2.75, 3.05) is 5.73 Å². The van der Waals surface area contributed by atoms with E-state index in [4.69, 9.17) is 5.73 Å². The smallest absolute Gasteiger partial charge is 0.269 e. The Balaban J connectivity index is 2.29. The number of pyridine rings is 1. The molecule has 1 heterocycles. The van der Waals surface area contributed by atoms with Crippen molar-refractivity contribution in [2.24, 2.45) is 0 Å². The zero-order chi connectivity index (χ0) is 14.8. The van der Waals surface area contributed by atoms with Crippen LogP contribution in [0, 0.1) is 10.1 Å². The summed E-state index contributed by atoms with van der Waals surface area (Å²) in [6.45, 7) is 0. The third-order valence-electron chi connectivity index (χ3n) is 2.65. The van der Waals surface area contributed by atoms with Crippen LogP contribution in [-0.4, -0.2) is 18.3 Å². The van der Waals surface area contributed by atoms with Gasteiger partial charge in [-0.05, 0) is 11.6 Å². The number of nitrogens with two attached hydrogens (primary N) is 1. The van der Waals surface area contributed by atoms with Crippen LogP contribution in [0.1, 0.15) is 5.56 Å². The average Bonchev–Trinajstić information content (AvgIpc) is 2.39. The first-order chi connectivity index (χ1) is 9.40. The Morgan fingerprint density at radius 1 is 1.20 bits per heavy atom. The molecule has 7 nitrogen and oxygen atoms in total. The molecular formula is C12H11N3O4S. The van der Waals surface area contributed by atoms with Crippen LogP contribution in [-0.2, 0) is 15.6 Å². The van der Waals surface area contributed by atoms with Gasteiger partial charge >= 0.3 is 0 Å². The minimum atomic E-state index is -3.61. The van der Waals surface area contributed by atoms with Crippen LogP contribution < -0.4 is 5.73 Å². The fourth-order valence-corrected chi connectivity index (χ4v) is 3.15. The summed E-state index contributed by atoms with van der Waals surface area (Å²) in [4.78, 5) is 13.7. The maximum atomic E-state index is 12.2.